The molecule has 0 spiro atoms. The number of nitrogens with zero attached hydrogens (tertiary/aromatic N) is 1. The highest BCUT2D eigenvalue weighted by molar-refractivity contribution is 7.87. The van der Waals surface area contributed by atoms with Gasteiger partial charge in [-0.2, -0.15) is 17.4 Å². The van der Waals surface area contributed by atoms with Crippen LogP contribution in [-0.2, 0) is 10.2 Å². The maximum Gasteiger partial charge on any atom is 0.279 e. The lowest BCUT2D eigenvalue weighted by atomic mass is 10.1. The predicted octanol–water partition coefficient (Wildman–Crippen LogP) is 1.23. The number of hydrogen-bond donors (Lipinski definition) is 2. The van der Waals surface area contributed by atoms with Crippen LogP contribution in [0, 0.1) is 0 Å². The van der Waals surface area contributed by atoms with Crippen LogP contribution in [0.1, 0.15) is 52.4 Å². The van der Waals surface area contributed by atoms with Gasteiger partial charge in [-0.1, -0.05) is 13.3 Å². The molecule has 2 rings (SSSR count). The van der Waals surface area contributed by atoms with Crippen LogP contribution in [-0.4, -0.2) is 43.9 Å². The van der Waals surface area contributed by atoms with Crippen LogP contribution in [0.15, 0.2) is 0 Å². The molecular formula is C13H27N3O2S. The van der Waals surface area contributed by atoms with E-state index in [-0.39, 0.29) is 12.1 Å². The zero-order chi connectivity index (χ0) is 13.9. The van der Waals surface area contributed by atoms with Gasteiger partial charge in [0.25, 0.3) is 10.2 Å². The average Bonchev–Trinajstić information content (AvgIpc) is 3.20. The van der Waals surface area contributed by atoms with E-state index in [9.17, 15) is 8.42 Å². The second kappa shape index (κ2) is 6.52. The summed E-state index contributed by atoms with van der Waals surface area (Å²) in [7, 11) is -3.33. The molecule has 1 aliphatic heterocycles. The minimum absolute atomic E-state index is 0.00367. The summed E-state index contributed by atoms with van der Waals surface area (Å²) >= 11 is 0. The van der Waals surface area contributed by atoms with Crippen LogP contribution in [0.2, 0.25) is 0 Å². The molecule has 2 N–H and O–H groups in total. The fraction of sp³-hybridized carbons (Fsp3) is 1.00. The Morgan fingerprint density at radius 3 is 2.63 bits per heavy atom. The van der Waals surface area contributed by atoms with Gasteiger partial charge >= 0.3 is 0 Å². The van der Waals surface area contributed by atoms with E-state index < -0.39 is 10.2 Å². The van der Waals surface area contributed by atoms with E-state index in [0.29, 0.717) is 12.6 Å². The summed E-state index contributed by atoms with van der Waals surface area (Å²) in [5.41, 5.74) is 0. The van der Waals surface area contributed by atoms with Gasteiger partial charge in [0.2, 0.25) is 0 Å². The molecule has 0 radical (unpaired) electrons. The van der Waals surface area contributed by atoms with Gasteiger partial charge in [0.1, 0.15) is 0 Å². The van der Waals surface area contributed by atoms with Gasteiger partial charge in [-0.3, -0.25) is 0 Å². The van der Waals surface area contributed by atoms with Gasteiger partial charge in [0.15, 0.2) is 0 Å². The normalized spacial score (nSPS) is 27.4. The van der Waals surface area contributed by atoms with Gasteiger partial charge in [-0.05, 0) is 39.0 Å². The molecule has 112 valence electrons. The molecule has 0 bridgehead atoms. The first-order valence-electron chi connectivity index (χ1n) is 7.55. The number of nitrogens with one attached hydrogen (secondary N) is 2. The van der Waals surface area contributed by atoms with Crippen molar-refractivity contribution in [3.8, 4) is 0 Å². The molecule has 2 atom stereocenters. The van der Waals surface area contributed by atoms with E-state index in [4.69, 9.17) is 0 Å². The van der Waals surface area contributed by atoms with Crippen molar-refractivity contribution >= 4 is 10.2 Å². The fourth-order valence-electron chi connectivity index (χ4n) is 2.49. The van der Waals surface area contributed by atoms with Crippen molar-refractivity contribution < 1.29 is 8.42 Å². The molecule has 6 heteroatoms. The molecule has 19 heavy (non-hydrogen) atoms. The lowest BCUT2D eigenvalue weighted by Crippen LogP contribution is -2.53. The second-order valence-electron chi connectivity index (χ2n) is 5.88. The summed E-state index contributed by atoms with van der Waals surface area (Å²) in [6.45, 7) is 5.36. The summed E-state index contributed by atoms with van der Waals surface area (Å²) in [6.07, 6.45) is 6.38. The summed E-state index contributed by atoms with van der Waals surface area (Å²) in [5.74, 6) is 0. The molecule has 1 heterocycles. The van der Waals surface area contributed by atoms with Gasteiger partial charge < -0.3 is 5.32 Å². The predicted molar refractivity (Wildman–Crippen MR) is 77.2 cm³/mol. The van der Waals surface area contributed by atoms with Gasteiger partial charge in [-0.25, -0.2) is 0 Å². The quantitative estimate of drug-likeness (QED) is 0.741. The Balaban J connectivity index is 1.96. The van der Waals surface area contributed by atoms with Gasteiger partial charge in [-0.15, -0.1) is 0 Å². The minimum Gasteiger partial charge on any atom is -0.312 e. The molecule has 0 aromatic rings. The van der Waals surface area contributed by atoms with E-state index in [0.717, 1.165) is 32.2 Å². The lowest BCUT2D eigenvalue weighted by molar-refractivity contribution is 0.241. The third kappa shape index (κ3) is 4.41. The Morgan fingerprint density at radius 1 is 1.26 bits per heavy atom. The van der Waals surface area contributed by atoms with Crippen LogP contribution in [0.5, 0.6) is 0 Å². The Hall–Kier alpha value is -0.170. The zero-order valence-electron chi connectivity index (χ0n) is 12.1. The van der Waals surface area contributed by atoms with Crippen LogP contribution in [0.25, 0.3) is 0 Å². The molecule has 1 saturated carbocycles. The maximum atomic E-state index is 12.4. The van der Waals surface area contributed by atoms with E-state index in [1.54, 1.807) is 4.31 Å². The third-order valence-electron chi connectivity index (χ3n) is 4.06. The molecule has 0 aromatic heterocycles. The van der Waals surface area contributed by atoms with Gasteiger partial charge in [0.05, 0.1) is 0 Å². The first kappa shape index (κ1) is 15.2. The largest absolute Gasteiger partial charge is 0.312 e. The van der Waals surface area contributed by atoms with Crippen molar-refractivity contribution in [2.45, 2.75) is 70.5 Å². The highest BCUT2D eigenvalue weighted by atomic mass is 32.2. The number of rotatable bonds is 7. The molecule has 1 aliphatic carbocycles. The van der Waals surface area contributed by atoms with E-state index >= 15 is 0 Å². The molecule has 2 aliphatic rings. The average molecular weight is 289 g/mol. The molecule has 0 amide bonds. The highest BCUT2D eigenvalue weighted by Crippen LogP contribution is 2.22. The SMILES string of the molecule is CCC(C)NS(=O)(=O)N1CCCCC1CNC1CC1. The fourth-order valence-corrected chi connectivity index (χ4v) is 4.24. The van der Waals surface area contributed by atoms with E-state index in [1.165, 1.54) is 12.8 Å². The van der Waals surface area contributed by atoms with Gasteiger partial charge in [0, 0.05) is 31.2 Å². The molecular weight excluding hydrogens is 262 g/mol. The first-order valence-corrected chi connectivity index (χ1v) is 8.99. The smallest absolute Gasteiger partial charge is 0.279 e. The van der Waals surface area contributed by atoms with Crippen molar-refractivity contribution in [1.82, 2.24) is 14.3 Å². The van der Waals surface area contributed by atoms with Crippen molar-refractivity contribution in [3.05, 3.63) is 0 Å². The van der Waals surface area contributed by atoms with Crippen LogP contribution in [0.3, 0.4) is 0 Å². The van der Waals surface area contributed by atoms with Crippen LogP contribution < -0.4 is 10.0 Å². The molecule has 0 aromatic carbocycles. The van der Waals surface area contributed by atoms with Crippen molar-refractivity contribution in [2.75, 3.05) is 13.1 Å². The van der Waals surface area contributed by atoms with E-state index in [2.05, 4.69) is 10.0 Å². The highest BCUT2D eigenvalue weighted by Gasteiger charge is 2.33. The minimum atomic E-state index is -3.33. The van der Waals surface area contributed by atoms with Crippen molar-refractivity contribution in [3.63, 3.8) is 0 Å². The lowest BCUT2D eigenvalue weighted by Gasteiger charge is -2.35. The summed E-state index contributed by atoms with van der Waals surface area (Å²) in [4.78, 5) is 0. The Labute approximate surface area is 117 Å². The second-order valence-corrected chi connectivity index (χ2v) is 7.53. The molecule has 2 fully saturated rings. The standard InChI is InChI=1S/C13H27N3O2S/c1-3-11(2)15-19(17,18)16-9-5-4-6-13(16)10-14-12-7-8-12/h11-15H,3-10H2,1-2H3. The number of piperidine rings is 1. The van der Waals surface area contributed by atoms with Crippen molar-refractivity contribution in [1.29, 1.82) is 0 Å². The Bertz CT molecular complexity index is 381. The first-order chi connectivity index (χ1) is 9.03. The Kier molecular flexibility index (Phi) is 5.22. The molecule has 2 unspecified atom stereocenters. The van der Waals surface area contributed by atoms with Crippen LogP contribution >= 0.6 is 0 Å². The van der Waals surface area contributed by atoms with Crippen LogP contribution in [0.4, 0.5) is 0 Å². The molecule has 1 saturated heterocycles. The van der Waals surface area contributed by atoms with Crippen molar-refractivity contribution in [2.24, 2.45) is 0 Å². The topological polar surface area (TPSA) is 61.4 Å². The zero-order valence-corrected chi connectivity index (χ0v) is 12.9. The monoisotopic (exact) mass is 289 g/mol. The Morgan fingerprint density at radius 2 is 2.00 bits per heavy atom. The third-order valence-corrected chi connectivity index (χ3v) is 5.86. The number of hydrogen-bond acceptors (Lipinski definition) is 3. The maximum absolute atomic E-state index is 12.4. The van der Waals surface area contributed by atoms with E-state index in [1.807, 2.05) is 13.8 Å². The summed E-state index contributed by atoms with van der Waals surface area (Å²) in [6, 6.07) is 0.758. The molecule has 5 nitrogen and oxygen atoms in total. The summed E-state index contributed by atoms with van der Waals surface area (Å²) < 4.78 is 29.3. The summed E-state index contributed by atoms with van der Waals surface area (Å²) in [5, 5.41) is 3.46.